The first-order valence-electron chi connectivity index (χ1n) is 6.76. The predicted octanol–water partition coefficient (Wildman–Crippen LogP) is 3.69. The molecule has 0 aliphatic heterocycles. The standard InChI is InChI=1S/C14H27N3/c1-12(2)8-6-7-9-17-11-13(15-16-17)10-14(3,4)5/h11-12H,6-10H2,1-5H3. The van der Waals surface area contributed by atoms with Gasteiger partial charge in [-0.25, -0.2) is 0 Å². The Labute approximate surface area is 106 Å². The van der Waals surface area contributed by atoms with Crippen LogP contribution >= 0.6 is 0 Å². The molecule has 1 heterocycles. The molecule has 0 atom stereocenters. The highest BCUT2D eigenvalue weighted by molar-refractivity contribution is 4.95. The Hall–Kier alpha value is -0.860. The van der Waals surface area contributed by atoms with Crippen LogP contribution in [0, 0.1) is 11.3 Å². The van der Waals surface area contributed by atoms with Gasteiger partial charge in [-0.05, 0) is 24.2 Å². The molecule has 0 fully saturated rings. The average molecular weight is 237 g/mol. The van der Waals surface area contributed by atoms with Crippen LogP contribution in [-0.4, -0.2) is 15.0 Å². The third-order valence-electron chi connectivity index (χ3n) is 2.72. The zero-order valence-electron chi connectivity index (χ0n) is 12.0. The third kappa shape index (κ3) is 6.44. The number of nitrogens with zero attached hydrogens (tertiary/aromatic N) is 3. The summed E-state index contributed by atoms with van der Waals surface area (Å²) < 4.78 is 1.99. The minimum atomic E-state index is 0.290. The van der Waals surface area contributed by atoms with Gasteiger partial charge in [0.25, 0.3) is 0 Å². The molecule has 0 unspecified atom stereocenters. The van der Waals surface area contributed by atoms with Crippen molar-refractivity contribution in [2.45, 2.75) is 66.8 Å². The Bertz CT molecular complexity index is 320. The van der Waals surface area contributed by atoms with E-state index in [1.807, 2.05) is 4.68 Å². The minimum absolute atomic E-state index is 0.290. The zero-order chi connectivity index (χ0) is 12.9. The first kappa shape index (κ1) is 14.2. The van der Waals surface area contributed by atoms with Crippen molar-refractivity contribution in [2.24, 2.45) is 11.3 Å². The van der Waals surface area contributed by atoms with Gasteiger partial charge in [0.1, 0.15) is 0 Å². The lowest BCUT2D eigenvalue weighted by Gasteiger charge is -2.15. The van der Waals surface area contributed by atoms with E-state index < -0.39 is 0 Å². The fourth-order valence-corrected chi connectivity index (χ4v) is 1.90. The molecule has 0 bridgehead atoms. The summed E-state index contributed by atoms with van der Waals surface area (Å²) >= 11 is 0. The summed E-state index contributed by atoms with van der Waals surface area (Å²) in [5, 5.41) is 8.41. The van der Waals surface area contributed by atoms with E-state index in [0.717, 1.165) is 24.6 Å². The molecular weight excluding hydrogens is 210 g/mol. The van der Waals surface area contributed by atoms with E-state index >= 15 is 0 Å². The molecular formula is C14H27N3. The van der Waals surface area contributed by atoms with E-state index in [0.29, 0.717) is 5.41 Å². The second-order valence-corrected chi connectivity index (χ2v) is 6.60. The van der Waals surface area contributed by atoms with Gasteiger partial charge in [-0.3, -0.25) is 4.68 Å². The first-order valence-corrected chi connectivity index (χ1v) is 6.76. The van der Waals surface area contributed by atoms with Crippen LogP contribution in [0.15, 0.2) is 6.20 Å². The lowest BCUT2D eigenvalue weighted by atomic mass is 9.91. The number of aromatic nitrogens is 3. The normalized spacial score (nSPS) is 12.4. The van der Waals surface area contributed by atoms with Crippen molar-refractivity contribution in [3.8, 4) is 0 Å². The largest absolute Gasteiger partial charge is 0.252 e. The molecule has 0 aliphatic carbocycles. The molecule has 0 N–H and O–H groups in total. The van der Waals surface area contributed by atoms with E-state index in [9.17, 15) is 0 Å². The Kier molecular flexibility index (Phi) is 5.16. The van der Waals surface area contributed by atoms with Crippen molar-refractivity contribution in [3.63, 3.8) is 0 Å². The fourth-order valence-electron chi connectivity index (χ4n) is 1.90. The van der Waals surface area contributed by atoms with Crippen LogP contribution in [0.5, 0.6) is 0 Å². The van der Waals surface area contributed by atoms with Gasteiger partial charge in [0, 0.05) is 12.7 Å². The molecule has 0 saturated carbocycles. The summed E-state index contributed by atoms with van der Waals surface area (Å²) in [7, 11) is 0. The van der Waals surface area contributed by atoms with E-state index in [4.69, 9.17) is 0 Å². The maximum Gasteiger partial charge on any atom is 0.0832 e. The van der Waals surface area contributed by atoms with Crippen LogP contribution in [0.2, 0.25) is 0 Å². The van der Waals surface area contributed by atoms with Gasteiger partial charge in [0.2, 0.25) is 0 Å². The Morgan fingerprint density at radius 2 is 1.94 bits per heavy atom. The van der Waals surface area contributed by atoms with Gasteiger partial charge in [-0.15, -0.1) is 5.10 Å². The Morgan fingerprint density at radius 3 is 2.53 bits per heavy atom. The van der Waals surface area contributed by atoms with Gasteiger partial charge in [0.15, 0.2) is 0 Å². The lowest BCUT2D eigenvalue weighted by molar-refractivity contribution is 0.406. The van der Waals surface area contributed by atoms with Crippen molar-refractivity contribution in [2.75, 3.05) is 0 Å². The van der Waals surface area contributed by atoms with E-state index in [1.165, 1.54) is 19.3 Å². The highest BCUT2D eigenvalue weighted by atomic mass is 15.4. The molecule has 17 heavy (non-hydrogen) atoms. The van der Waals surface area contributed by atoms with Crippen molar-refractivity contribution < 1.29 is 0 Å². The minimum Gasteiger partial charge on any atom is -0.252 e. The number of hydrogen-bond acceptors (Lipinski definition) is 2. The fraction of sp³-hybridized carbons (Fsp3) is 0.857. The highest BCUT2D eigenvalue weighted by Crippen LogP contribution is 2.18. The van der Waals surface area contributed by atoms with Gasteiger partial charge < -0.3 is 0 Å². The van der Waals surface area contributed by atoms with E-state index in [-0.39, 0.29) is 0 Å². The highest BCUT2D eigenvalue weighted by Gasteiger charge is 2.13. The monoisotopic (exact) mass is 237 g/mol. The summed E-state index contributed by atoms with van der Waals surface area (Å²) in [6.45, 7) is 12.2. The molecule has 0 aromatic carbocycles. The van der Waals surface area contributed by atoms with Crippen LogP contribution in [0.1, 0.15) is 59.6 Å². The molecule has 3 heteroatoms. The molecule has 3 nitrogen and oxygen atoms in total. The topological polar surface area (TPSA) is 30.7 Å². The summed E-state index contributed by atoms with van der Waals surface area (Å²) in [6, 6.07) is 0. The second-order valence-electron chi connectivity index (χ2n) is 6.60. The maximum absolute atomic E-state index is 4.23. The van der Waals surface area contributed by atoms with E-state index in [2.05, 4.69) is 51.1 Å². The number of rotatable bonds is 6. The molecule has 0 aliphatic rings. The molecule has 98 valence electrons. The molecule has 0 amide bonds. The SMILES string of the molecule is CC(C)CCCCn1cc(CC(C)(C)C)nn1. The quantitative estimate of drug-likeness (QED) is 0.706. The Balaban J connectivity index is 2.31. The van der Waals surface area contributed by atoms with Crippen molar-refractivity contribution >= 4 is 0 Å². The van der Waals surface area contributed by atoms with Crippen LogP contribution in [-0.2, 0) is 13.0 Å². The zero-order valence-corrected chi connectivity index (χ0v) is 12.0. The van der Waals surface area contributed by atoms with Crippen LogP contribution in [0.4, 0.5) is 0 Å². The molecule has 0 spiro atoms. The van der Waals surface area contributed by atoms with E-state index in [1.54, 1.807) is 0 Å². The summed E-state index contributed by atoms with van der Waals surface area (Å²) in [5.74, 6) is 0.808. The molecule has 1 aromatic heterocycles. The van der Waals surface area contributed by atoms with Gasteiger partial charge in [-0.1, -0.05) is 52.7 Å². The first-order chi connectivity index (χ1) is 7.87. The summed E-state index contributed by atoms with van der Waals surface area (Å²) in [4.78, 5) is 0. The van der Waals surface area contributed by atoms with Crippen molar-refractivity contribution in [1.29, 1.82) is 0 Å². The summed E-state index contributed by atoms with van der Waals surface area (Å²) in [6.07, 6.45) is 6.89. The number of unbranched alkanes of at least 4 members (excludes halogenated alkanes) is 1. The van der Waals surface area contributed by atoms with Crippen LogP contribution in [0.25, 0.3) is 0 Å². The lowest BCUT2D eigenvalue weighted by Crippen LogP contribution is -2.09. The van der Waals surface area contributed by atoms with Crippen molar-refractivity contribution in [3.05, 3.63) is 11.9 Å². The van der Waals surface area contributed by atoms with Gasteiger partial charge >= 0.3 is 0 Å². The number of aryl methyl sites for hydroxylation is 1. The van der Waals surface area contributed by atoms with Crippen LogP contribution in [0.3, 0.4) is 0 Å². The molecule has 0 saturated heterocycles. The van der Waals surface area contributed by atoms with Crippen LogP contribution < -0.4 is 0 Å². The molecule has 0 radical (unpaired) electrons. The maximum atomic E-state index is 4.23. The molecule has 1 aromatic rings. The van der Waals surface area contributed by atoms with Gasteiger partial charge in [0.05, 0.1) is 5.69 Å². The number of hydrogen-bond donors (Lipinski definition) is 0. The second kappa shape index (κ2) is 6.18. The predicted molar refractivity (Wildman–Crippen MR) is 71.9 cm³/mol. The van der Waals surface area contributed by atoms with Crippen molar-refractivity contribution in [1.82, 2.24) is 15.0 Å². The van der Waals surface area contributed by atoms with Gasteiger partial charge in [-0.2, -0.15) is 0 Å². The Morgan fingerprint density at radius 1 is 1.24 bits per heavy atom. The average Bonchev–Trinajstić information content (AvgIpc) is 2.57. The third-order valence-corrected chi connectivity index (χ3v) is 2.72. The molecule has 1 rings (SSSR count). The smallest absolute Gasteiger partial charge is 0.0832 e. The summed E-state index contributed by atoms with van der Waals surface area (Å²) in [5.41, 5.74) is 1.40.